The lowest BCUT2D eigenvalue weighted by molar-refractivity contribution is -0.116. The highest BCUT2D eigenvalue weighted by molar-refractivity contribution is 5.92. The third-order valence-electron chi connectivity index (χ3n) is 4.72. The molecule has 0 spiro atoms. The average Bonchev–Trinajstić information content (AvgIpc) is 3.17. The largest absolute Gasteiger partial charge is 0.492 e. The van der Waals surface area contributed by atoms with Crippen molar-refractivity contribution in [3.05, 3.63) is 76.3 Å². The van der Waals surface area contributed by atoms with Crippen molar-refractivity contribution in [3.63, 3.8) is 0 Å². The van der Waals surface area contributed by atoms with Gasteiger partial charge in [-0.05, 0) is 31.5 Å². The Labute approximate surface area is 178 Å². The molecule has 0 bridgehead atoms. The number of benzene rings is 2. The van der Waals surface area contributed by atoms with Crippen molar-refractivity contribution in [2.75, 3.05) is 11.9 Å². The number of carbonyl (C=O) groups excluding carboxylic acids is 1. The van der Waals surface area contributed by atoms with E-state index in [2.05, 4.69) is 20.6 Å². The number of aromatic nitrogens is 5. The minimum Gasteiger partial charge on any atom is -0.492 e. The summed E-state index contributed by atoms with van der Waals surface area (Å²) in [7, 11) is 0. The van der Waals surface area contributed by atoms with E-state index >= 15 is 0 Å². The molecular formula is C22H22N6O3. The van der Waals surface area contributed by atoms with Gasteiger partial charge in [0, 0.05) is 0 Å². The fraction of sp³-hybridized carbons (Fsp3) is 0.227. The van der Waals surface area contributed by atoms with Gasteiger partial charge in [0.1, 0.15) is 18.6 Å². The fourth-order valence-electron chi connectivity index (χ4n) is 3.17. The van der Waals surface area contributed by atoms with Crippen molar-refractivity contribution in [3.8, 4) is 5.75 Å². The van der Waals surface area contributed by atoms with E-state index in [4.69, 9.17) is 4.74 Å². The fourth-order valence-corrected chi connectivity index (χ4v) is 3.17. The van der Waals surface area contributed by atoms with E-state index in [-0.39, 0.29) is 18.0 Å². The predicted octanol–water partition coefficient (Wildman–Crippen LogP) is 2.38. The molecule has 0 atom stereocenters. The molecule has 0 saturated heterocycles. The lowest BCUT2D eigenvalue weighted by atomic mass is 10.1. The van der Waals surface area contributed by atoms with Gasteiger partial charge in [-0.25, -0.2) is 9.67 Å². The number of ether oxygens (including phenoxy) is 1. The van der Waals surface area contributed by atoms with Crippen LogP contribution in [0.1, 0.15) is 18.1 Å². The van der Waals surface area contributed by atoms with Crippen molar-refractivity contribution in [2.45, 2.75) is 26.9 Å². The highest BCUT2D eigenvalue weighted by Crippen LogP contribution is 2.23. The van der Waals surface area contributed by atoms with Gasteiger partial charge in [0.15, 0.2) is 11.2 Å². The summed E-state index contributed by atoms with van der Waals surface area (Å²) in [4.78, 5) is 29.6. The lowest BCUT2D eigenvalue weighted by Gasteiger charge is -2.11. The molecule has 1 amide bonds. The summed E-state index contributed by atoms with van der Waals surface area (Å²) in [5.41, 5.74) is 2.81. The summed E-state index contributed by atoms with van der Waals surface area (Å²) in [6.45, 7) is 4.61. The van der Waals surface area contributed by atoms with Crippen LogP contribution < -0.4 is 15.6 Å². The standard InChI is InChI=1S/C22H22N6O3/c1-3-31-18-7-5-4-6-17(18)24-19(29)13-27-14-23-21-20(22(27)30)25-26-28(21)12-16-10-8-15(2)9-11-16/h4-11,14H,3,12-13H2,1-2H3,(H,24,29). The van der Waals surface area contributed by atoms with Crippen LogP contribution in [0, 0.1) is 6.92 Å². The summed E-state index contributed by atoms with van der Waals surface area (Å²) in [5, 5.41) is 10.8. The Bertz CT molecular complexity index is 1280. The van der Waals surface area contributed by atoms with Crippen molar-refractivity contribution in [2.24, 2.45) is 0 Å². The van der Waals surface area contributed by atoms with Gasteiger partial charge in [0.2, 0.25) is 5.91 Å². The molecular weight excluding hydrogens is 396 g/mol. The zero-order valence-corrected chi connectivity index (χ0v) is 17.3. The van der Waals surface area contributed by atoms with Crippen LogP contribution in [0.3, 0.4) is 0 Å². The third kappa shape index (κ3) is 4.45. The Morgan fingerprint density at radius 2 is 1.90 bits per heavy atom. The molecule has 2 aromatic heterocycles. The first-order valence-electron chi connectivity index (χ1n) is 9.91. The van der Waals surface area contributed by atoms with Crippen LogP contribution in [-0.4, -0.2) is 37.1 Å². The first-order valence-corrected chi connectivity index (χ1v) is 9.91. The number of nitrogens with one attached hydrogen (secondary N) is 1. The van der Waals surface area contributed by atoms with Crippen LogP contribution >= 0.6 is 0 Å². The number of aryl methyl sites for hydroxylation is 1. The molecule has 0 aliphatic rings. The predicted molar refractivity (Wildman–Crippen MR) is 116 cm³/mol. The molecule has 158 valence electrons. The molecule has 0 unspecified atom stereocenters. The molecule has 0 fully saturated rings. The maximum atomic E-state index is 12.8. The maximum Gasteiger partial charge on any atom is 0.283 e. The molecule has 0 aliphatic carbocycles. The summed E-state index contributed by atoms with van der Waals surface area (Å²) in [6, 6.07) is 15.1. The first-order chi connectivity index (χ1) is 15.0. The van der Waals surface area contributed by atoms with Crippen LogP contribution in [0.25, 0.3) is 11.2 Å². The highest BCUT2D eigenvalue weighted by Gasteiger charge is 2.15. The summed E-state index contributed by atoms with van der Waals surface area (Å²) in [5.74, 6) is 0.195. The Morgan fingerprint density at radius 1 is 1.13 bits per heavy atom. The molecule has 2 heterocycles. The zero-order chi connectivity index (χ0) is 21.8. The number of amides is 1. The molecule has 0 aliphatic heterocycles. The Balaban J connectivity index is 1.53. The Kier molecular flexibility index (Phi) is 5.74. The molecule has 0 radical (unpaired) electrons. The molecule has 31 heavy (non-hydrogen) atoms. The minimum atomic E-state index is -0.423. The topological polar surface area (TPSA) is 104 Å². The van der Waals surface area contributed by atoms with Crippen LogP contribution in [0.2, 0.25) is 0 Å². The molecule has 4 rings (SSSR count). The van der Waals surface area contributed by atoms with Crippen LogP contribution in [0.4, 0.5) is 5.69 Å². The van der Waals surface area contributed by atoms with E-state index in [1.54, 1.807) is 22.9 Å². The summed E-state index contributed by atoms with van der Waals surface area (Å²) >= 11 is 0. The van der Waals surface area contributed by atoms with Gasteiger partial charge < -0.3 is 10.1 Å². The van der Waals surface area contributed by atoms with Crippen molar-refractivity contribution in [1.82, 2.24) is 24.5 Å². The minimum absolute atomic E-state index is 0.122. The summed E-state index contributed by atoms with van der Waals surface area (Å²) in [6.07, 6.45) is 1.34. The highest BCUT2D eigenvalue weighted by atomic mass is 16.5. The second kappa shape index (κ2) is 8.78. The Morgan fingerprint density at radius 3 is 2.68 bits per heavy atom. The maximum absolute atomic E-state index is 12.8. The average molecular weight is 418 g/mol. The molecule has 2 aromatic carbocycles. The van der Waals surface area contributed by atoms with E-state index in [1.807, 2.05) is 44.2 Å². The van der Waals surface area contributed by atoms with Gasteiger partial charge in [-0.2, -0.15) is 0 Å². The van der Waals surface area contributed by atoms with E-state index in [1.165, 1.54) is 10.9 Å². The number of hydrogen-bond acceptors (Lipinski definition) is 6. The molecule has 1 N–H and O–H groups in total. The number of rotatable bonds is 7. The van der Waals surface area contributed by atoms with Crippen LogP contribution in [0.15, 0.2) is 59.7 Å². The van der Waals surface area contributed by atoms with E-state index in [0.717, 1.165) is 11.1 Å². The van der Waals surface area contributed by atoms with Gasteiger partial charge in [-0.1, -0.05) is 47.2 Å². The van der Waals surface area contributed by atoms with Gasteiger partial charge in [0.25, 0.3) is 5.56 Å². The Hall–Kier alpha value is -4.01. The molecule has 4 aromatic rings. The normalized spacial score (nSPS) is 10.9. The number of fused-ring (bicyclic) bond motifs is 1. The molecule has 9 nitrogen and oxygen atoms in total. The molecule has 9 heteroatoms. The third-order valence-corrected chi connectivity index (χ3v) is 4.72. The van der Waals surface area contributed by atoms with Crippen molar-refractivity contribution >= 4 is 22.8 Å². The number of nitrogens with zero attached hydrogens (tertiary/aromatic N) is 5. The van der Waals surface area contributed by atoms with Crippen molar-refractivity contribution in [1.29, 1.82) is 0 Å². The number of anilines is 1. The number of carbonyl (C=O) groups is 1. The summed E-state index contributed by atoms with van der Waals surface area (Å²) < 4.78 is 8.30. The number of hydrogen-bond donors (Lipinski definition) is 1. The SMILES string of the molecule is CCOc1ccccc1NC(=O)Cn1cnc2c(nnn2Cc2ccc(C)cc2)c1=O. The van der Waals surface area contributed by atoms with Crippen LogP contribution in [0.5, 0.6) is 5.75 Å². The van der Waals surface area contributed by atoms with E-state index in [9.17, 15) is 9.59 Å². The van der Waals surface area contributed by atoms with Gasteiger partial charge in [0.05, 0.1) is 18.8 Å². The monoisotopic (exact) mass is 418 g/mol. The quantitative estimate of drug-likeness (QED) is 0.494. The second-order valence-electron chi connectivity index (χ2n) is 7.06. The van der Waals surface area contributed by atoms with Gasteiger partial charge >= 0.3 is 0 Å². The smallest absolute Gasteiger partial charge is 0.283 e. The number of para-hydroxylation sites is 2. The lowest BCUT2D eigenvalue weighted by Crippen LogP contribution is -2.28. The van der Waals surface area contributed by atoms with Gasteiger partial charge in [-0.15, -0.1) is 5.10 Å². The van der Waals surface area contributed by atoms with Crippen LogP contribution in [-0.2, 0) is 17.9 Å². The first kappa shape index (κ1) is 20.3. The second-order valence-corrected chi connectivity index (χ2v) is 7.06. The van der Waals surface area contributed by atoms with Gasteiger partial charge in [-0.3, -0.25) is 14.2 Å². The zero-order valence-electron chi connectivity index (χ0n) is 17.3. The van der Waals surface area contributed by atoms with E-state index < -0.39 is 5.56 Å². The molecule has 0 saturated carbocycles. The van der Waals surface area contributed by atoms with E-state index in [0.29, 0.717) is 30.2 Å². The van der Waals surface area contributed by atoms with Crippen molar-refractivity contribution < 1.29 is 9.53 Å².